The third-order valence-electron chi connectivity index (χ3n) is 3.40. The van der Waals surface area contributed by atoms with E-state index in [1.807, 2.05) is 6.92 Å². The summed E-state index contributed by atoms with van der Waals surface area (Å²) in [7, 11) is 0. The second kappa shape index (κ2) is 8.52. The largest absolute Gasteiger partial charge is 0.394 e. The molecular formula is C16H22FNO3. The molecule has 21 heavy (non-hydrogen) atoms. The molecule has 1 rings (SSSR count). The number of halogens is 1. The first-order valence-corrected chi connectivity index (χ1v) is 7.12. The minimum Gasteiger partial charge on any atom is -0.394 e. The summed E-state index contributed by atoms with van der Waals surface area (Å²) in [5.74, 6) is -0.542. The van der Waals surface area contributed by atoms with E-state index in [0.29, 0.717) is 13.0 Å². The number of benzene rings is 1. The van der Waals surface area contributed by atoms with Crippen LogP contribution in [0.3, 0.4) is 0 Å². The Labute approximate surface area is 124 Å². The molecule has 0 saturated heterocycles. The number of aliphatic hydroxyl groups is 1. The topological polar surface area (TPSA) is 57.6 Å². The van der Waals surface area contributed by atoms with E-state index in [0.717, 1.165) is 5.56 Å². The number of carbonyl (C=O) groups is 2. The summed E-state index contributed by atoms with van der Waals surface area (Å²) in [6.45, 7) is 3.50. The zero-order valence-electron chi connectivity index (χ0n) is 12.5. The van der Waals surface area contributed by atoms with Gasteiger partial charge in [-0.15, -0.1) is 0 Å². The molecule has 1 aromatic carbocycles. The van der Waals surface area contributed by atoms with Crippen molar-refractivity contribution in [3.63, 3.8) is 0 Å². The van der Waals surface area contributed by atoms with Gasteiger partial charge in [0.15, 0.2) is 0 Å². The lowest BCUT2D eigenvalue weighted by Crippen LogP contribution is -2.41. The van der Waals surface area contributed by atoms with Crippen LogP contribution in [0.15, 0.2) is 24.3 Å². The molecule has 0 unspecified atom stereocenters. The predicted molar refractivity (Wildman–Crippen MR) is 78.0 cm³/mol. The molecular weight excluding hydrogens is 273 g/mol. The Balaban J connectivity index is 2.83. The molecule has 0 bridgehead atoms. The molecule has 0 saturated carbocycles. The van der Waals surface area contributed by atoms with Crippen LogP contribution in [0.4, 0.5) is 4.39 Å². The second-order valence-electron chi connectivity index (χ2n) is 5.09. The van der Waals surface area contributed by atoms with Crippen molar-refractivity contribution in [3.05, 3.63) is 35.6 Å². The first-order chi connectivity index (χ1) is 9.97. The zero-order chi connectivity index (χ0) is 15.8. The van der Waals surface area contributed by atoms with Gasteiger partial charge >= 0.3 is 0 Å². The lowest BCUT2D eigenvalue weighted by atomic mass is 10.1. The van der Waals surface area contributed by atoms with Crippen LogP contribution in [0.25, 0.3) is 0 Å². The highest BCUT2D eigenvalue weighted by molar-refractivity contribution is 5.83. The van der Waals surface area contributed by atoms with Gasteiger partial charge in [0.1, 0.15) is 11.6 Å². The number of carbonyl (C=O) groups excluding carboxylic acids is 2. The molecule has 0 aliphatic rings. The maximum absolute atomic E-state index is 12.9. The standard InChI is InChI=1S/C16H22FNO3/c1-3-15(11-19)18(16(21)9-4-12(2)20)10-13-5-7-14(17)8-6-13/h5-8,15,19H,3-4,9-11H2,1-2H3/t15-/m1/s1. The summed E-state index contributed by atoms with van der Waals surface area (Å²) < 4.78 is 12.9. The molecule has 0 aliphatic carbocycles. The first-order valence-electron chi connectivity index (χ1n) is 7.12. The van der Waals surface area contributed by atoms with Gasteiger partial charge in [-0.05, 0) is 31.0 Å². The predicted octanol–water partition coefficient (Wildman–Crippen LogP) is 2.29. The maximum atomic E-state index is 12.9. The van der Waals surface area contributed by atoms with Crippen LogP contribution in [0.2, 0.25) is 0 Å². The summed E-state index contributed by atoms with van der Waals surface area (Å²) in [6.07, 6.45) is 0.942. The summed E-state index contributed by atoms with van der Waals surface area (Å²) in [4.78, 5) is 24.8. The van der Waals surface area contributed by atoms with E-state index in [2.05, 4.69) is 0 Å². The minimum atomic E-state index is -0.331. The van der Waals surface area contributed by atoms with Gasteiger partial charge in [-0.1, -0.05) is 19.1 Å². The number of nitrogens with zero attached hydrogens (tertiary/aromatic N) is 1. The molecule has 1 amide bonds. The summed E-state index contributed by atoms with van der Waals surface area (Å²) in [6, 6.07) is 5.62. The van der Waals surface area contributed by atoms with Crippen molar-refractivity contribution < 1.29 is 19.1 Å². The Morgan fingerprint density at radius 3 is 2.33 bits per heavy atom. The molecule has 1 N–H and O–H groups in total. The second-order valence-corrected chi connectivity index (χ2v) is 5.09. The number of hydrogen-bond acceptors (Lipinski definition) is 3. The monoisotopic (exact) mass is 295 g/mol. The number of hydrogen-bond donors (Lipinski definition) is 1. The van der Waals surface area contributed by atoms with E-state index < -0.39 is 0 Å². The number of amides is 1. The molecule has 4 nitrogen and oxygen atoms in total. The van der Waals surface area contributed by atoms with E-state index in [1.165, 1.54) is 19.1 Å². The van der Waals surface area contributed by atoms with Gasteiger partial charge in [0.2, 0.25) is 5.91 Å². The number of ketones is 1. The summed E-state index contributed by atoms with van der Waals surface area (Å²) in [5.41, 5.74) is 0.791. The quantitative estimate of drug-likeness (QED) is 0.800. The normalized spacial score (nSPS) is 12.0. The van der Waals surface area contributed by atoms with Gasteiger partial charge in [-0.25, -0.2) is 4.39 Å². The van der Waals surface area contributed by atoms with E-state index in [4.69, 9.17) is 0 Å². The van der Waals surface area contributed by atoms with Crippen LogP contribution in [0.5, 0.6) is 0 Å². The minimum absolute atomic E-state index is 0.0397. The van der Waals surface area contributed by atoms with Crippen molar-refractivity contribution in [2.45, 2.75) is 45.7 Å². The summed E-state index contributed by atoms with van der Waals surface area (Å²) >= 11 is 0. The molecule has 1 atom stereocenters. The smallest absolute Gasteiger partial charge is 0.223 e. The summed E-state index contributed by atoms with van der Waals surface area (Å²) in [5, 5.41) is 9.42. The number of rotatable bonds is 8. The lowest BCUT2D eigenvalue weighted by Gasteiger charge is -2.30. The molecule has 0 spiro atoms. The Bertz CT molecular complexity index is 469. The van der Waals surface area contributed by atoms with Crippen LogP contribution < -0.4 is 0 Å². The first kappa shape index (κ1) is 17.3. The Morgan fingerprint density at radius 1 is 1.24 bits per heavy atom. The Morgan fingerprint density at radius 2 is 1.86 bits per heavy atom. The lowest BCUT2D eigenvalue weighted by molar-refractivity contribution is -0.136. The highest BCUT2D eigenvalue weighted by Crippen LogP contribution is 2.14. The molecule has 0 aliphatic heterocycles. The van der Waals surface area contributed by atoms with Crippen molar-refractivity contribution in [3.8, 4) is 0 Å². The average molecular weight is 295 g/mol. The van der Waals surface area contributed by atoms with Gasteiger partial charge < -0.3 is 14.8 Å². The van der Waals surface area contributed by atoms with Gasteiger partial charge in [0.25, 0.3) is 0 Å². The molecule has 0 aromatic heterocycles. The van der Waals surface area contributed by atoms with E-state index in [1.54, 1.807) is 17.0 Å². The van der Waals surface area contributed by atoms with Gasteiger partial charge in [-0.2, -0.15) is 0 Å². The third-order valence-corrected chi connectivity index (χ3v) is 3.40. The maximum Gasteiger partial charge on any atom is 0.223 e. The highest BCUT2D eigenvalue weighted by Gasteiger charge is 2.22. The molecule has 1 aromatic rings. The molecule has 116 valence electrons. The van der Waals surface area contributed by atoms with E-state index >= 15 is 0 Å². The Kier molecular flexibility index (Phi) is 7.02. The molecule has 0 fully saturated rings. The molecule has 5 heteroatoms. The van der Waals surface area contributed by atoms with E-state index in [9.17, 15) is 19.1 Å². The third kappa shape index (κ3) is 5.63. The fraction of sp³-hybridized carbons (Fsp3) is 0.500. The Hall–Kier alpha value is -1.75. The van der Waals surface area contributed by atoms with Gasteiger partial charge in [0.05, 0.1) is 12.6 Å². The highest BCUT2D eigenvalue weighted by atomic mass is 19.1. The zero-order valence-corrected chi connectivity index (χ0v) is 12.5. The number of aliphatic hydroxyl groups excluding tert-OH is 1. The fourth-order valence-corrected chi connectivity index (χ4v) is 2.08. The molecule has 0 radical (unpaired) electrons. The van der Waals surface area contributed by atoms with Crippen LogP contribution in [0.1, 0.15) is 38.7 Å². The van der Waals surface area contributed by atoms with Crippen molar-refractivity contribution >= 4 is 11.7 Å². The van der Waals surface area contributed by atoms with Crippen LogP contribution >= 0.6 is 0 Å². The van der Waals surface area contributed by atoms with Crippen LogP contribution in [-0.4, -0.2) is 34.3 Å². The average Bonchev–Trinajstić information content (AvgIpc) is 2.47. The fourth-order valence-electron chi connectivity index (χ4n) is 2.08. The van der Waals surface area contributed by atoms with Crippen molar-refractivity contribution in [2.24, 2.45) is 0 Å². The van der Waals surface area contributed by atoms with Crippen molar-refractivity contribution in [1.82, 2.24) is 4.90 Å². The number of Topliss-reactive ketones (excluding diaryl/α,β-unsaturated/α-hetero) is 1. The van der Waals surface area contributed by atoms with E-state index in [-0.39, 0.29) is 43.0 Å². The van der Waals surface area contributed by atoms with Crippen molar-refractivity contribution in [1.29, 1.82) is 0 Å². The van der Waals surface area contributed by atoms with Crippen LogP contribution in [-0.2, 0) is 16.1 Å². The molecule has 0 heterocycles. The van der Waals surface area contributed by atoms with Gasteiger partial charge in [-0.3, -0.25) is 4.79 Å². The van der Waals surface area contributed by atoms with Crippen molar-refractivity contribution in [2.75, 3.05) is 6.61 Å². The van der Waals surface area contributed by atoms with Crippen LogP contribution in [0, 0.1) is 5.82 Å². The SMILES string of the molecule is CC[C@H](CO)N(Cc1ccc(F)cc1)C(=O)CCC(C)=O. The van der Waals surface area contributed by atoms with Gasteiger partial charge in [0, 0.05) is 19.4 Å².